The molecule has 1 aliphatic heterocycles. The van der Waals surface area contributed by atoms with Crippen molar-refractivity contribution in [1.82, 2.24) is 25.6 Å². The van der Waals surface area contributed by atoms with Crippen LogP contribution >= 0.6 is 11.6 Å². The van der Waals surface area contributed by atoms with Crippen molar-refractivity contribution in [1.29, 1.82) is 0 Å². The minimum absolute atomic E-state index is 0.0109. The molecular formula is C20H21ClN6O2. The molecule has 9 heteroatoms. The number of aromatic nitrogens is 3. The molecule has 0 aliphatic carbocycles. The molecule has 1 aromatic carbocycles. The topological polar surface area (TPSA) is 103 Å². The maximum atomic E-state index is 12.3. The maximum absolute atomic E-state index is 12.3. The molecule has 0 spiro atoms. The van der Waals surface area contributed by atoms with E-state index in [1.165, 1.54) is 0 Å². The third-order valence-electron chi connectivity index (χ3n) is 4.92. The molecule has 29 heavy (non-hydrogen) atoms. The Morgan fingerprint density at radius 2 is 2.17 bits per heavy atom. The summed E-state index contributed by atoms with van der Waals surface area (Å²) in [5.41, 5.74) is 1.22. The van der Waals surface area contributed by atoms with Crippen LogP contribution in [-0.2, 0) is 4.79 Å². The van der Waals surface area contributed by atoms with Gasteiger partial charge < -0.3 is 20.5 Å². The van der Waals surface area contributed by atoms with Crippen molar-refractivity contribution in [2.45, 2.75) is 18.9 Å². The number of H-pyrrole nitrogens is 1. The highest BCUT2D eigenvalue weighted by atomic mass is 35.5. The van der Waals surface area contributed by atoms with E-state index in [2.05, 4.69) is 30.5 Å². The number of halogens is 1. The van der Waals surface area contributed by atoms with Gasteiger partial charge in [-0.3, -0.25) is 9.59 Å². The highest BCUT2D eigenvalue weighted by Gasteiger charge is 2.24. The fraction of sp³-hybridized carbons (Fsp3) is 0.300. The standard InChI is InChI=1S/C20H21ClN6O2/c21-14-4-1-3-13(9-14)20(29)23-10-17(28)26-15-5-2-8-27(11-15)19-16-6-7-22-18(16)24-12-25-19/h1,3-4,6-7,9,12,15H,2,5,8,10-11H2,(H,23,29)(H,26,28)(H,22,24,25)/t15-/m1/s1. The molecule has 150 valence electrons. The Kier molecular flexibility index (Phi) is 5.62. The molecule has 1 saturated heterocycles. The lowest BCUT2D eigenvalue weighted by molar-refractivity contribution is -0.120. The maximum Gasteiger partial charge on any atom is 0.251 e. The van der Waals surface area contributed by atoms with Crippen LogP contribution in [0.4, 0.5) is 5.82 Å². The van der Waals surface area contributed by atoms with Gasteiger partial charge >= 0.3 is 0 Å². The third kappa shape index (κ3) is 4.48. The van der Waals surface area contributed by atoms with Crippen LogP contribution in [0.2, 0.25) is 5.02 Å². The van der Waals surface area contributed by atoms with Crippen molar-refractivity contribution >= 4 is 40.3 Å². The summed E-state index contributed by atoms with van der Waals surface area (Å²) in [6.45, 7) is 1.44. The van der Waals surface area contributed by atoms with E-state index in [1.807, 2.05) is 12.3 Å². The van der Waals surface area contributed by atoms with Gasteiger partial charge in [0.15, 0.2) is 0 Å². The monoisotopic (exact) mass is 412 g/mol. The van der Waals surface area contributed by atoms with Crippen LogP contribution in [0.25, 0.3) is 11.0 Å². The lowest BCUT2D eigenvalue weighted by atomic mass is 10.1. The van der Waals surface area contributed by atoms with E-state index in [4.69, 9.17) is 11.6 Å². The van der Waals surface area contributed by atoms with Crippen LogP contribution in [0.1, 0.15) is 23.2 Å². The molecule has 1 atom stereocenters. The summed E-state index contributed by atoms with van der Waals surface area (Å²) in [4.78, 5) is 38.4. The number of piperidine rings is 1. The molecular weight excluding hydrogens is 392 g/mol. The second-order valence-corrected chi connectivity index (χ2v) is 7.42. The first-order valence-corrected chi connectivity index (χ1v) is 9.84. The summed E-state index contributed by atoms with van der Waals surface area (Å²) < 4.78 is 0. The Hall–Kier alpha value is -3.13. The zero-order valence-corrected chi connectivity index (χ0v) is 16.4. The van der Waals surface area contributed by atoms with E-state index < -0.39 is 0 Å². The zero-order chi connectivity index (χ0) is 20.2. The number of rotatable bonds is 5. The van der Waals surface area contributed by atoms with E-state index in [1.54, 1.807) is 30.6 Å². The Balaban J connectivity index is 1.33. The minimum atomic E-state index is -0.330. The number of nitrogens with one attached hydrogen (secondary N) is 3. The van der Waals surface area contributed by atoms with Gasteiger partial charge in [-0.2, -0.15) is 0 Å². The number of hydrogen-bond acceptors (Lipinski definition) is 5. The van der Waals surface area contributed by atoms with Gasteiger partial charge in [-0.1, -0.05) is 17.7 Å². The van der Waals surface area contributed by atoms with Crippen molar-refractivity contribution in [2.24, 2.45) is 0 Å². The molecule has 3 aromatic rings. The molecule has 3 heterocycles. The minimum Gasteiger partial charge on any atom is -0.354 e. The van der Waals surface area contributed by atoms with Crippen LogP contribution < -0.4 is 15.5 Å². The second kappa shape index (κ2) is 8.48. The lowest BCUT2D eigenvalue weighted by Gasteiger charge is -2.34. The van der Waals surface area contributed by atoms with Gasteiger partial charge in [0.1, 0.15) is 17.8 Å². The fourth-order valence-electron chi connectivity index (χ4n) is 3.57. The number of aromatic amines is 1. The molecule has 0 radical (unpaired) electrons. The quantitative estimate of drug-likeness (QED) is 0.595. The molecule has 1 aliphatic rings. The average Bonchev–Trinajstić information content (AvgIpc) is 3.21. The van der Waals surface area contributed by atoms with Gasteiger partial charge in [0.2, 0.25) is 5.91 Å². The molecule has 4 rings (SSSR count). The number of hydrogen-bond donors (Lipinski definition) is 3. The first-order chi connectivity index (χ1) is 14.1. The van der Waals surface area contributed by atoms with Crippen LogP contribution in [0.15, 0.2) is 42.9 Å². The van der Waals surface area contributed by atoms with E-state index in [0.717, 1.165) is 36.2 Å². The van der Waals surface area contributed by atoms with Gasteiger partial charge in [0.05, 0.1) is 11.9 Å². The van der Waals surface area contributed by atoms with E-state index >= 15 is 0 Å². The van der Waals surface area contributed by atoms with Gasteiger partial charge in [-0.25, -0.2) is 9.97 Å². The van der Waals surface area contributed by atoms with Gasteiger partial charge in [-0.05, 0) is 37.1 Å². The van der Waals surface area contributed by atoms with Crippen molar-refractivity contribution < 1.29 is 9.59 Å². The highest BCUT2D eigenvalue weighted by molar-refractivity contribution is 6.31. The fourth-order valence-corrected chi connectivity index (χ4v) is 3.76. The molecule has 1 fully saturated rings. The molecule has 8 nitrogen and oxygen atoms in total. The average molecular weight is 413 g/mol. The van der Waals surface area contributed by atoms with Crippen LogP contribution in [0.5, 0.6) is 0 Å². The van der Waals surface area contributed by atoms with Gasteiger partial charge in [0.25, 0.3) is 5.91 Å². The number of benzene rings is 1. The van der Waals surface area contributed by atoms with E-state index in [-0.39, 0.29) is 24.4 Å². The van der Waals surface area contributed by atoms with Gasteiger partial charge in [-0.15, -0.1) is 0 Å². The van der Waals surface area contributed by atoms with Gasteiger partial charge in [0, 0.05) is 35.9 Å². The number of anilines is 1. The second-order valence-electron chi connectivity index (χ2n) is 6.98. The predicted molar refractivity (Wildman–Crippen MR) is 111 cm³/mol. The summed E-state index contributed by atoms with van der Waals surface area (Å²) in [5, 5.41) is 7.08. The first kappa shape index (κ1) is 19.2. The van der Waals surface area contributed by atoms with E-state index in [9.17, 15) is 9.59 Å². The Morgan fingerprint density at radius 1 is 1.28 bits per heavy atom. The van der Waals surface area contributed by atoms with Crippen molar-refractivity contribution in [3.8, 4) is 0 Å². The summed E-state index contributed by atoms with van der Waals surface area (Å²) in [7, 11) is 0. The van der Waals surface area contributed by atoms with Crippen LogP contribution in [0, 0.1) is 0 Å². The smallest absolute Gasteiger partial charge is 0.251 e. The van der Waals surface area contributed by atoms with Crippen LogP contribution in [0.3, 0.4) is 0 Å². The zero-order valence-electron chi connectivity index (χ0n) is 15.7. The number of amides is 2. The number of carbonyl (C=O) groups excluding carboxylic acids is 2. The lowest BCUT2D eigenvalue weighted by Crippen LogP contribution is -2.50. The normalized spacial score (nSPS) is 16.6. The number of carbonyl (C=O) groups is 2. The molecule has 2 amide bonds. The predicted octanol–water partition coefficient (Wildman–Crippen LogP) is 2.13. The molecule has 3 N–H and O–H groups in total. The van der Waals surface area contributed by atoms with Crippen molar-refractivity contribution in [3.05, 3.63) is 53.4 Å². The van der Waals surface area contributed by atoms with Crippen LogP contribution in [-0.4, -0.2) is 52.4 Å². The Bertz CT molecular complexity index is 1040. The number of fused-ring (bicyclic) bond motifs is 1. The molecule has 0 bridgehead atoms. The summed E-state index contributed by atoms with van der Waals surface area (Å²) in [5.74, 6) is 0.315. The van der Waals surface area contributed by atoms with Crippen molar-refractivity contribution in [2.75, 3.05) is 24.5 Å². The van der Waals surface area contributed by atoms with Crippen molar-refractivity contribution in [3.63, 3.8) is 0 Å². The summed E-state index contributed by atoms with van der Waals surface area (Å²) in [6, 6.07) is 8.56. The molecule has 0 saturated carbocycles. The Labute approximate surface area is 172 Å². The SMILES string of the molecule is O=C(CNC(=O)c1cccc(Cl)c1)N[C@@H]1CCCN(c2ncnc3[nH]ccc23)C1. The highest BCUT2D eigenvalue weighted by Crippen LogP contribution is 2.25. The molecule has 0 unspecified atom stereocenters. The number of nitrogens with zero attached hydrogens (tertiary/aromatic N) is 3. The Morgan fingerprint density at radius 3 is 3.03 bits per heavy atom. The third-order valence-corrected chi connectivity index (χ3v) is 5.15. The summed E-state index contributed by atoms with van der Waals surface area (Å²) in [6.07, 6.45) is 5.21. The largest absolute Gasteiger partial charge is 0.354 e. The van der Waals surface area contributed by atoms with E-state index in [0.29, 0.717) is 17.1 Å². The molecule has 2 aromatic heterocycles. The summed E-state index contributed by atoms with van der Waals surface area (Å²) >= 11 is 5.90. The first-order valence-electron chi connectivity index (χ1n) is 9.46.